The van der Waals surface area contributed by atoms with E-state index >= 15 is 0 Å². The van der Waals surface area contributed by atoms with Gasteiger partial charge in [0.05, 0.1) is 12.7 Å². The monoisotopic (exact) mass is 251 g/mol. The van der Waals surface area contributed by atoms with E-state index in [0.29, 0.717) is 0 Å². The highest BCUT2D eigenvalue weighted by Crippen LogP contribution is 2.25. The van der Waals surface area contributed by atoms with E-state index in [9.17, 15) is 4.79 Å². The molecular weight excluding hydrogens is 230 g/mol. The normalized spacial score (nSPS) is 12.9. The van der Waals surface area contributed by atoms with E-state index in [4.69, 9.17) is 9.47 Å². The molecule has 1 aromatic rings. The summed E-state index contributed by atoms with van der Waals surface area (Å²) < 4.78 is 10.9. The maximum atomic E-state index is 11.9. The van der Waals surface area contributed by atoms with Crippen molar-refractivity contribution >= 4 is 5.91 Å². The zero-order chi connectivity index (χ0) is 13.8. The van der Waals surface area contributed by atoms with Crippen LogP contribution in [0.4, 0.5) is 0 Å². The smallest absolute Gasteiger partial charge is 0.253 e. The summed E-state index contributed by atoms with van der Waals surface area (Å²) in [4.78, 5) is 11.9. The fourth-order valence-electron chi connectivity index (χ4n) is 1.54. The molecule has 1 aromatic carbocycles. The molecule has 4 nitrogen and oxygen atoms in total. The number of rotatable bonds is 4. The summed E-state index contributed by atoms with van der Waals surface area (Å²) in [7, 11) is 3.21. The second-order valence-corrected chi connectivity index (χ2v) is 5.00. The van der Waals surface area contributed by atoms with Crippen molar-refractivity contribution in [2.24, 2.45) is 0 Å². The number of carbonyl (C=O) groups excluding carboxylic acids is 1. The highest BCUT2D eigenvalue weighted by atomic mass is 16.5. The van der Waals surface area contributed by atoms with Crippen LogP contribution in [0.5, 0.6) is 5.75 Å². The van der Waals surface area contributed by atoms with E-state index in [-0.39, 0.29) is 5.91 Å². The van der Waals surface area contributed by atoms with Crippen LogP contribution in [-0.2, 0) is 9.53 Å². The molecule has 1 unspecified atom stereocenters. The summed E-state index contributed by atoms with van der Waals surface area (Å²) in [5.41, 5.74) is 0.418. The Morgan fingerprint density at radius 2 is 1.78 bits per heavy atom. The molecule has 1 N–H and O–H groups in total. The first-order chi connectivity index (χ1) is 8.37. The second kappa shape index (κ2) is 5.87. The zero-order valence-corrected chi connectivity index (χ0v) is 11.6. The molecule has 0 bridgehead atoms. The van der Waals surface area contributed by atoms with Crippen LogP contribution in [-0.4, -0.2) is 25.7 Å². The Labute approximate surface area is 108 Å². The average molecular weight is 251 g/mol. The van der Waals surface area contributed by atoms with Gasteiger partial charge in [-0.1, -0.05) is 12.1 Å². The molecule has 0 fully saturated rings. The van der Waals surface area contributed by atoms with Gasteiger partial charge in [0.1, 0.15) is 5.75 Å². The van der Waals surface area contributed by atoms with E-state index in [1.54, 1.807) is 14.2 Å². The maximum Gasteiger partial charge on any atom is 0.253 e. The molecule has 0 aliphatic rings. The topological polar surface area (TPSA) is 47.6 Å². The molecule has 0 saturated carbocycles. The van der Waals surface area contributed by atoms with Crippen molar-refractivity contribution < 1.29 is 14.3 Å². The van der Waals surface area contributed by atoms with Crippen LogP contribution in [0, 0.1) is 0 Å². The average Bonchev–Trinajstić information content (AvgIpc) is 2.34. The molecule has 0 aromatic heterocycles. The van der Waals surface area contributed by atoms with Crippen LogP contribution in [0.25, 0.3) is 0 Å². The van der Waals surface area contributed by atoms with Gasteiger partial charge in [-0.2, -0.15) is 0 Å². The van der Waals surface area contributed by atoms with Gasteiger partial charge in [-0.15, -0.1) is 0 Å². The minimum atomic E-state index is -0.610. The molecule has 100 valence electrons. The minimum Gasteiger partial charge on any atom is -0.497 e. The fourth-order valence-corrected chi connectivity index (χ4v) is 1.54. The van der Waals surface area contributed by atoms with Gasteiger partial charge in [0.25, 0.3) is 5.91 Å². The number of nitrogens with one attached hydrogen (secondary N) is 1. The molecule has 0 saturated heterocycles. The molecule has 0 aliphatic heterocycles. The van der Waals surface area contributed by atoms with Crippen LogP contribution in [0.2, 0.25) is 0 Å². The third kappa shape index (κ3) is 4.04. The molecule has 18 heavy (non-hydrogen) atoms. The van der Waals surface area contributed by atoms with Crippen LogP contribution in [0.15, 0.2) is 24.3 Å². The number of hydrogen-bond donors (Lipinski definition) is 1. The predicted octanol–water partition coefficient (Wildman–Crippen LogP) is 2.30. The van der Waals surface area contributed by atoms with Crippen molar-refractivity contribution in [3.05, 3.63) is 29.8 Å². The lowest BCUT2D eigenvalue weighted by Crippen LogP contribution is -2.33. The molecule has 0 heterocycles. The Morgan fingerprint density at radius 3 is 2.17 bits per heavy atom. The van der Waals surface area contributed by atoms with E-state index in [0.717, 1.165) is 11.3 Å². The third-order valence-corrected chi connectivity index (χ3v) is 2.37. The molecule has 0 spiro atoms. The summed E-state index contributed by atoms with van der Waals surface area (Å²) in [6.45, 7) is 5.77. The highest BCUT2D eigenvalue weighted by Gasteiger charge is 2.26. The second-order valence-electron chi connectivity index (χ2n) is 5.00. The summed E-state index contributed by atoms with van der Waals surface area (Å²) in [5, 5.41) is 2.62. The molecule has 1 atom stereocenters. The van der Waals surface area contributed by atoms with Crippen molar-refractivity contribution in [2.75, 3.05) is 14.2 Å². The maximum absolute atomic E-state index is 11.9. The summed E-state index contributed by atoms with van der Waals surface area (Å²) >= 11 is 0. The Balaban J connectivity index is 2.97. The van der Waals surface area contributed by atoms with E-state index < -0.39 is 11.7 Å². The SMILES string of the molecule is CNC(=O)C(OC(C)(C)C)c1ccc(OC)cc1. The number of ether oxygens (including phenoxy) is 2. The molecule has 1 amide bonds. The van der Waals surface area contributed by atoms with Crippen molar-refractivity contribution in [1.29, 1.82) is 0 Å². The lowest BCUT2D eigenvalue weighted by atomic mass is 10.1. The zero-order valence-electron chi connectivity index (χ0n) is 11.6. The largest absolute Gasteiger partial charge is 0.497 e. The van der Waals surface area contributed by atoms with Gasteiger partial charge in [-0.3, -0.25) is 4.79 Å². The van der Waals surface area contributed by atoms with Crippen molar-refractivity contribution in [3.8, 4) is 5.75 Å². The van der Waals surface area contributed by atoms with Gasteiger partial charge in [-0.05, 0) is 38.5 Å². The number of hydrogen-bond acceptors (Lipinski definition) is 3. The molecule has 0 radical (unpaired) electrons. The van der Waals surface area contributed by atoms with Gasteiger partial charge in [0.2, 0.25) is 0 Å². The number of carbonyl (C=O) groups is 1. The standard InChI is InChI=1S/C14H21NO3/c1-14(2,3)18-12(13(16)15-4)10-6-8-11(17-5)9-7-10/h6-9,12H,1-5H3,(H,15,16). The number of likely N-dealkylation sites (N-methyl/N-ethyl adjacent to an activating group) is 1. The first-order valence-corrected chi connectivity index (χ1v) is 5.91. The van der Waals surface area contributed by atoms with E-state index in [1.165, 1.54) is 0 Å². The fraction of sp³-hybridized carbons (Fsp3) is 0.500. The minimum absolute atomic E-state index is 0.157. The first kappa shape index (κ1) is 14.5. The molecule has 1 rings (SSSR count). The van der Waals surface area contributed by atoms with Gasteiger partial charge in [0, 0.05) is 7.05 Å². The van der Waals surface area contributed by atoms with Gasteiger partial charge >= 0.3 is 0 Å². The van der Waals surface area contributed by atoms with Crippen molar-refractivity contribution in [3.63, 3.8) is 0 Å². The first-order valence-electron chi connectivity index (χ1n) is 5.91. The third-order valence-electron chi connectivity index (χ3n) is 2.37. The Bertz CT molecular complexity index is 392. The van der Waals surface area contributed by atoms with Crippen LogP contribution >= 0.6 is 0 Å². The lowest BCUT2D eigenvalue weighted by Gasteiger charge is -2.26. The Hall–Kier alpha value is -1.55. The quantitative estimate of drug-likeness (QED) is 0.893. The van der Waals surface area contributed by atoms with Crippen LogP contribution in [0.3, 0.4) is 0 Å². The van der Waals surface area contributed by atoms with Gasteiger partial charge in [-0.25, -0.2) is 0 Å². The molecule has 0 aliphatic carbocycles. The number of methoxy groups -OCH3 is 1. The Morgan fingerprint density at radius 1 is 1.22 bits per heavy atom. The molecule has 4 heteroatoms. The molecular formula is C14H21NO3. The lowest BCUT2D eigenvalue weighted by molar-refractivity contribution is -0.142. The van der Waals surface area contributed by atoms with Crippen LogP contribution in [0.1, 0.15) is 32.4 Å². The van der Waals surface area contributed by atoms with Crippen LogP contribution < -0.4 is 10.1 Å². The summed E-state index contributed by atoms with van der Waals surface area (Å²) in [6, 6.07) is 7.31. The van der Waals surface area contributed by atoms with Gasteiger partial charge in [0.15, 0.2) is 6.10 Å². The number of amides is 1. The summed E-state index contributed by atoms with van der Waals surface area (Å²) in [5.74, 6) is 0.597. The predicted molar refractivity (Wildman–Crippen MR) is 70.6 cm³/mol. The van der Waals surface area contributed by atoms with Crippen molar-refractivity contribution in [2.45, 2.75) is 32.5 Å². The Kier molecular flexibility index (Phi) is 4.73. The highest BCUT2D eigenvalue weighted by molar-refractivity contribution is 5.82. The van der Waals surface area contributed by atoms with E-state index in [2.05, 4.69) is 5.32 Å². The number of benzene rings is 1. The summed E-state index contributed by atoms with van der Waals surface area (Å²) in [6.07, 6.45) is -0.610. The van der Waals surface area contributed by atoms with Crippen molar-refractivity contribution in [1.82, 2.24) is 5.32 Å². The van der Waals surface area contributed by atoms with Gasteiger partial charge < -0.3 is 14.8 Å². The van der Waals surface area contributed by atoms with E-state index in [1.807, 2.05) is 45.0 Å².